The number of halogens is 2. The van der Waals surface area contributed by atoms with Crippen LogP contribution in [0, 0.1) is 11.6 Å². The number of benzene rings is 2. The number of carbonyl (C=O) groups excluding carboxylic acids is 3. The van der Waals surface area contributed by atoms with Crippen molar-refractivity contribution in [2.24, 2.45) is 0 Å². The molecular weight excluding hydrogens is 688 g/mol. The van der Waals surface area contributed by atoms with Crippen LogP contribution >= 0.6 is 0 Å². The molecule has 0 saturated carbocycles. The predicted molar refractivity (Wildman–Crippen MR) is 197 cm³/mol. The Bertz CT molecular complexity index is 1990. The third-order valence-electron chi connectivity index (χ3n) is 8.24. The number of nitrogens with one attached hydrogen (secondary N) is 2. The van der Waals surface area contributed by atoms with Crippen LogP contribution < -0.4 is 20.3 Å². The number of anilines is 2. The number of rotatable bonds is 8. The number of amides is 2. The number of methoxy groups -OCH3 is 1. The van der Waals surface area contributed by atoms with E-state index in [9.17, 15) is 14.4 Å². The second-order valence-corrected chi connectivity index (χ2v) is 15.0. The minimum atomic E-state index is -0.931. The van der Waals surface area contributed by atoms with E-state index in [-0.39, 0.29) is 46.1 Å². The largest absolute Gasteiger partial charge is 0.496 e. The third kappa shape index (κ3) is 9.20. The number of ether oxygens (including phenoxy) is 3. The van der Waals surface area contributed by atoms with Gasteiger partial charge in [0.1, 0.15) is 34.1 Å². The zero-order valence-electron chi connectivity index (χ0n) is 31.6. The molecule has 13 nitrogen and oxygen atoms in total. The monoisotopic (exact) mass is 735 g/mol. The molecule has 1 fully saturated rings. The van der Waals surface area contributed by atoms with Crippen LogP contribution in [0.1, 0.15) is 71.3 Å². The minimum absolute atomic E-state index is 0.0740. The Balaban J connectivity index is 1.52. The molecular formula is C38H47F2N7O6. The predicted octanol–water partition coefficient (Wildman–Crippen LogP) is 6.98. The summed E-state index contributed by atoms with van der Waals surface area (Å²) < 4.78 is 49.2. The van der Waals surface area contributed by atoms with Crippen molar-refractivity contribution in [3.05, 3.63) is 65.4 Å². The maximum Gasteiger partial charge on any atom is 0.435 e. The Kier molecular flexibility index (Phi) is 11.3. The summed E-state index contributed by atoms with van der Waals surface area (Å²) in [7, 11) is 1.46. The second kappa shape index (κ2) is 15.3. The number of hydrogen-bond acceptors (Lipinski definition) is 10. The Morgan fingerprint density at radius 3 is 2.19 bits per heavy atom. The van der Waals surface area contributed by atoms with Gasteiger partial charge in [0, 0.05) is 55.9 Å². The molecule has 2 N–H and O–H groups in total. The van der Waals surface area contributed by atoms with Gasteiger partial charge in [-0.3, -0.25) is 9.78 Å². The maximum atomic E-state index is 15.8. The fraction of sp³-hybridized carbons (Fsp3) is 0.447. The minimum Gasteiger partial charge on any atom is -0.496 e. The van der Waals surface area contributed by atoms with Crippen LogP contribution in [0.25, 0.3) is 22.2 Å². The van der Waals surface area contributed by atoms with Crippen LogP contribution in [-0.2, 0) is 16.0 Å². The van der Waals surface area contributed by atoms with E-state index < -0.39 is 46.5 Å². The Hall–Kier alpha value is -5.31. The van der Waals surface area contributed by atoms with Crippen molar-refractivity contribution in [3.8, 4) is 17.0 Å². The summed E-state index contributed by atoms with van der Waals surface area (Å²) in [6.07, 6.45) is -0.235. The van der Waals surface area contributed by atoms with Gasteiger partial charge < -0.3 is 34.6 Å². The molecule has 2 amide bonds. The summed E-state index contributed by atoms with van der Waals surface area (Å²) in [5, 5.41) is 10.6. The van der Waals surface area contributed by atoms with Gasteiger partial charge in [-0.25, -0.2) is 18.4 Å². The quantitative estimate of drug-likeness (QED) is 0.195. The third-order valence-corrected chi connectivity index (χ3v) is 8.24. The summed E-state index contributed by atoms with van der Waals surface area (Å²) in [5.74, 6) is -2.21. The summed E-state index contributed by atoms with van der Waals surface area (Å²) in [6.45, 7) is 17.0. The summed E-state index contributed by atoms with van der Waals surface area (Å²) in [5.41, 5.74) is -0.781. The number of nitrogens with zero attached hydrogens (tertiary/aromatic N) is 5. The van der Waals surface area contributed by atoms with Crippen LogP contribution in [0.3, 0.4) is 0 Å². The van der Waals surface area contributed by atoms with E-state index in [0.29, 0.717) is 5.75 Å². The number of aromatic nitrogens is 3. The molecule has 2 aromatic heterocycles. The number of pyridine rings is 1. The molecule has 53 heavy (non-hydrogen) atoms. The standard InChI is InChI=1S/C38H47F2N7O6/c1-22(2)46(35(49)52-37(3,4)5)21-23-16-27(39)32(28(40)17-23)29-19-26-30(20-42-29)47(36(50)53-38(6,7)8)44-33(26)43-34(48)25-11-10-24(18-31(25)51-9)45-14-12-41-13-15-45/h10-11,16-20,22,41H,12-15,21H2,1-9H3,(H,43,44,48). The second-order valence-electron chi connectivity index (χ2n) is 15.0. The van der Waals surface area contributed by atoms with Gasteiger partial charge in [0.15, 0.2) is 5.82 Å². The Labute approximate surface area is 307 Å². The van der Waals surface area contributed by atoms with Crippen molar-refractivity contribution in [1.82, 2.24) is 25.0 Å². The highest BCUT2D eigenvalue weighted by molar-refractivity contribution is 6.10. The first-order chi connectivity index (χ1) is 24.8. The lowest BCUT2D eigenvalue weighted by molar-refractivity contribution is 0.0171. The van der Waals surface area contributed by atoms with E-state index in [1.54, 1.807) is 67.5 Å². The first-order valence-corrected chi connectivity index (χ1v) is 17.4. The molecule has 1 aliphatic rings. The van der Waals surface area contributed by atoms with Gasteiger partial charge in [-0.15, -0.1) is 5.10 Å². The number of carbonyl (C=O) groups is 3. The molecule has 3 heterocycles. The average Bonchev–Trinajstić information content (AvgIpc) is 3.42. The topological polar surface area (TPSA) is 140 Å². The SMILES string of the molecule is COc1cc(N2CCNCC2)ccc1C(=O)Nc1nn(C(=O)OC(C)(C)C)c2cnc(-c3c(F)cc(CN(C(=O)OC(C)(C)C)C(C)C)cc3F)cc12. The fourth-order valence-electron chi connectivity index (χ4n) is 5.79. The number of piperazine rings is 1. The van der Waals surface area contributed by atoms with Crippen LogP contribution in [-0.4, -0.2) is 88.3 Å². The molecule has 0 unspecified atom stereocenters. The van der Waals surface area contributed by atoms with Crippen LogP contribution in [0.15, 0.2) is 42.6 Å². The average molecular weight is 736 g/mol. The molecule has 0 aliphatic carbocycles. The number of hydrogen-bond donors (Lipinski definition) is 2. The van der Waals surface area contributed by atoms with Crippen LogP contribution in [0.4, 0.5) is 29.9 Å². The summed E-state index contributed by atoms with van der Waals surface area (Å²) in [4.78, 5) is 47.7. The first kappa shape index (κ1) is 38.9. The Morgan fingerprint density at radius 1 is 0.962 bits per heavy atom. The lowest BCUT2D eigenvalue weighted by atomic mass is 10.0. The van der Waals surface area contributed by atoms with E-state index in [1.807, 2.05) is 6.07 Å². The van der Waals surface area contributed by atoms with Gasteiger partial charge in [-0.2, -0.15) is 4.68 Å². The lowest BCUT2D eigenvalue weighted by Gasteiger charge is -2.30. The smallest absolute Gasteiger partial charge is 0.435 e. The molecule has 0 atom stereocenters. The van der Waals surface area contributed by atoms with Gasteiger partial charge in [0.05, 0.1) is 30.1 Å². The fourth-order valence-corrected chi connectivity index (χ4v) is 5.79. The molecule has 1 aliphatic heterocycles. The lowest BCUT2D eigenvalue weighted by Crippen LogP contribution is -2.43. The summed E-state index contributed by atoms with van der Waals surface area (Å²) >= 11 is 0. The van der Waals surface area contributed by atoms with E-state index in [2.05, 4.69) is 25.6 Å². The molecule has 0 bridgehead atoms. The van der Waals surface area contributed by atoms with E-state index in [1.165, 1.54) is 24.3 Å². The van der Waals surface area contributed by atoms with Crippen molar-refractivity contribution in [1.29, 1.82) is 0 Å². The molecule has 4 aromatic rings. The van der Waals surface area contributed by atoms with E-state index >= 15 is 8.78 Å². The van der Waals surface area contributed by atoms with Gasteiger partial charge in [0.2, 0.25) is 0 Å². The Morgan fingerprint density at radius 2 is 1.60 bits per heavy atom. The van der Waals surface area contributed by atoms with Gasteiger partial charge in [-0.05, 0) is 91.3 Å². The van der Waals surface area contributed by atoms with Gasteiger partial charge >= 0.3 is 12.2 Å². The highest BCUT2D eigenvalue weighted by Crippen LogP contribution is 2.33. The molecule has 284 valence electrons. The summed E-state index contributed by atoms with van der Waals surface area (Å²) in [6, 6.07) is 8.53. The number of fused-ring (bicyclic) bond motifs is 1. The van der Waals surface area contributed by atoms with Crippen molar-refractivity contribution in [2.45, 2.75) is 79.2 Å². The van der Waals surface area contributed by atoms with Crippen molar-refractivity contribution in [2.75, 3.05) is 43.5 Å². The van der Waals surface area contributed by atoms with Gasteiger partial charge in [-0.1, -0.05) is 0 Å². The highest BCUT2D eigenvalue weighted by Gasteiger charge is 2.28. The van der Waals surface area contributed by atoms with Crippen LogP contribution in [0.5, 0.6) is 5.75 Å². The van der Waals surface area contributed by atoms with Crippen molar-refractivity contribution in [3.63, 3.8) is 0 Å². The molecule has 15 heteroatoms. The zero-order valence-corrected chi connectivity index (χ0v) is 31.6. The maximum absolute atomic E-state index is 15.8. The normalized spacial score (nSPS) is 13.6. The van der Waals surface area contributed by atoms with Crippen LogP contribution in [0.2, 0.25) is 0 Å². The van der Waals surface area contributed by atoms with E-state index in [4.69, 9.17) is 14.2 Å². The van der Waals surface area contributed by atoms with E-state index in [0.717, 1.165) is 48.7 Å². The van der Waals surface area contributed by atoms with Crippen molar-refractivity contribution < 1.29 is 37.4 Å². The van der Waals surface area contributed by atoms with Gasteiger partial charge in [0.25, 0.3) is 5.91 Å². The molecule has 0 radical (unpaired) electrons. The zero-order chi connectivity index (χ0) is 38.8. The molecule has 0 spiro atoms. The molecule has 5 rings (SSSR count). The first-order valence-electron chi connectivity index (χ1n) is 17.4. The molecule has 1 saturated heterocycles. The highest BCUT2D eigenvalue weighted by atomic mass is 19.1. The van der Waals surface area contributed by atoms with Crippen molar-refractivity contribution >= 4 is 40.5 Å². The molecule has 2 aromatic carbocycles.